The van der Waals surface area contributed by atoms with Gasteiger partial charge in [-0.05, 0) is 74.4 Å². The molecule has 2 heterocycles. The van der Waals surface area contributed by atoms with E-state index in [1.54, 1.807) is 6.07 Å². The first-order valence-electron chi connectivity index (χ1n) is 11.7. The normalized spacial score (nSPS) is 15.6. The summed E-state index contributed by atoms with van der Waals surface area (Å²) in [5.41, 5.74) is 3.95. The zero-order valence-electron chi connectivity index (χ0n) is 19.8. The highest BCUT2D eigenvalue weighted by molar-refractivity contribution is 7.89. The van der Waals surface area contributed by atoms with Crippen LogP contribution in [0.25, 0.3) is 11.1 Å². The molecule has 0 spiro atoms. The molecule has 1 saturated heterocycles. The molecule has 1 aromatic heterocycles. The minimum Gasteiger partial charge on any atom is -0.408 e. The Kier molecular flexibility index (Phi) is 6.95. The standard InChI is InChI=1S/C25H31N3O5S/c1-4-11-28-22-8-7-21(16-23(22)33-25(28)30)34(31,32)27-12-9-19(10-13-27)15-24(29)26-20-6-5-17(2)18(3)14-20/h5-8,14,16,19H,4,9-13,15H2,1-3H3,(H,26,29). The summed E-state index contributed by atoms with van der Waals surface area (Å²) in [7, 11) is -3.72. The van der Waals surface area contributed by atoms with Crippen molar-refractivity contribution in [3.63, 3.8) is 0 Å². The number of rotatable bonds is 7. The number of amides is 1. The van der Waals surface area contributed by atoms with Gasteiger partial charge in [0.15, 0.2) is 5.58 Å². The molecule has 0 aliphatic carbocycles. The Balaban J connectivity index is 1.38. The lowest BCUT2D eigenvalue weighted by Gasteiger charge is -2.31. The van der Waals surface area contributed by atoms with Crippen LogP contribution >= 0.6 is 0 Å². The van der Waals surface area contributed by atoms with Crippen molar-refractivity contribution < 1.29 is 17.6 Å². The minimum absolute atomic E-state index is 0.0540. The Morgan fingerprint density at radius 1 is 1.09 bits per heavy atom. The zero-order valence-corrected chi connectivity index (χ0v) is 20.7. The number of aryl methyl sites for hydroxylation is 3. The van der Waals surface area contributed by atoms with Crippen LogP contribution in [-0.4, -0.2) is 36.3 Å². The molecule has 3 aromatic rings. The van der Waals surface area contributed by atoms with Gasteiger partial charge in [-0.25, -0.2) is 13.2 Å². The maximum Gasteiger partial charge on any atom is 0.419 e. The second-order valence-corrected chi connectivity index (χ2v) is 11.0. The average Bonchev–Trinajstić information content (AvgIpc) is 3.11. The van der Waals surface area contributed by atoms with E-state index in [0.717, 1.165) is 17.7 Å². The number of carbonyl (C=O) groups excluding carboxylic acids is 1. The van der Waals surface area contributed by atoms with Crippen LogP contribution in [0, 0.1) is 19.8 Å². The van der Waals surface area contributed by atoms with Gasteiger partial charge in [0.05, 0.1) is 10.4 Å². The summed E-state index contributed by atoms with van der Waals surface area (Å²) in [5.74, 6) is -0.408. The maximum atomic E-state index is 13.2. The molecule has 0 saturated carbocycles. The highest BCUT2D eigenvalue weighted by Crippen LogP contribution is 2.28. The molecule has 182 valence electrons. The van der Waals surface area contributed by atoms with Crippen LogP contribution in [0.2, 0.25) is 0 Å². The van der Waals surface area contributed by atoms with Crippen molar-refractivity contribution in [1.29, 1.82) is 0 Å². The Bertz CT molecular complexity index is 1360. The van der Waals surface area contributed by atoms with Crippen molar-refractivity contribution in [2.75, 3.05) is 18.4 Å². The van der Waals surface area contributed by atoms with Gasteiger partial charge in [0.25, 0.3) is 0 Å². The molecule has 0 unspecified atom stereocenters. The van der Waals surface area contributed by atoms with Gasteiger partial charge in [-0.15, -0.1) is 0 Å². The first kappa shape index (κ1) is 24.2. The third-order valence-corrected chi connectivity index (χ3v) is 8.46. The largest absolute Gasteiger partial charge is 0.419 e. The van der Waals surface area contributed by atoms with Crippen molar-refractivity contribution in [3.05, 3.63) is 58.1 Å². The zero-order chi connectivity index (χ0) is 24.5. The fourth-order valence-corrected chi connectivity index (χ4v) is 5.92. The molecule has 1 aliphatic rings. The van der Waals surface area contributed by atoms with Gasteiger partial charge in [0, 0.05) is 37.8 Å². The van der Waals surface area contributed by atoms with Crippen LogP contribution in [0.15, 0.2) is 50.5 Å². The quantitative estimate of drug-likeness (QED) is 0.544. The molecule has 2 aromatic carbocycles. The molecule has 4 rings (SSSR count). The molecule has 8 nitrogen and oxygen atoms in total. The van der Waals surface area contributed by atoms with E-state index < -0.39 is 15.8 Å². The van der Waals surface area contributed by atoms with Gasteiger partial charge < -0.3 is 9.73 Å². The van der Waals surface area contributed by atoms with E-state index in [0.29, 0.717) is 44.4 Å². The predicted molar refractivity (Wildman–Crippen MR) is 131 cm³/mol. The molecule has 1 N–H and O–H groups in total. The number of aromatic nitrogens is 1. The summed E-state index contributed by atoms with van der Waals surface area (Å²) in [6, 6.07) is 10.4. The lowest BCUT2D eigenvalue weighted by atomic mass is 9.94. The van der Waals surface area contributed by atoms with Gasteiger partial charge in [-0.1, -0.05) is 13.0 Å². The highest BCUT2D eigenvalue weighted by Gasteiger charge is 2.31. The first-order chi connectivity index (χ1) is 16.2. The summed E-state index contributed by atoms with van der Waals surface area (Å²) in [6.07, 6.45) is 2.36. The van der Waals surface area contributed by atoms with Crippen molar-refractivity contribution in [1.82, 2.24) is 8.87 Å². The SMILES string of the molecule is CCCn1c(=O)oc2cc(S(=O)(=O)N3CCC(CC(=O)Nc4ccc(C)c(C)c4)CC3)ccc21. The van der Waals surface area contributed by atoms with E-state index in [1.807, 2.05) is 39.0 Å². The monoisotopic (exact) mass is 485 g/mol. The Morgan fingerprint density at radius 2 is 1.82 bits per heavy atom. The van der Waals surface area contributed by atoms with Crippen molar-refractivity contribution in [2.45, 2.75) is 57.9 Å². The average molecular weight is 486 g/mol. The van der Waals surface area contributed by atoms with Gasteiger partial charge in [0.1, 0.15) is 0 Å². The Labute approximate surface area is 199 Å². The summed E-state index contributed by atoms with van der Waals surface area (Å²) >= 11 is 0. The van der Waals surface area contributed by atoms with Crippen LogP contribution in [0.4, 0.5) is 5.69 Å². The van der Waals surface area contributed by atoms with Gasteiger partial charge in [-0.3, -0.25) is 9.36 Å². The third-order valence-electron chi connectivity index (χ3n) is 6.56. The number of oxazole rings is 1. The number of nitrogens with zero attached hydrogens (tertiary/aromatic N) is 2. The molecule has 1 aliphatic heterocycles. The van der Waals surface area contributed by atoms with Crippen molar-refractivity contribution >= 4 is 32.7 Å². The van der Waals surface area contributed by atoms with E-state index in [4.69, 9.17) is 4.42 Å². The van der Waals surface area contributed by atoms with Crippen LogP contribution in [0.1, 0.15) is 43.7 Å². The molecule has 0 atom stereocenters. The molecule has 1 amide bonds. The molecular formula is C25H31N3O5S. The molecule has 0 bridgehead atoms. The second kappa shape index (κ2) is 9.76. The van der Waals surface area contributed by atoms with Gasteiger partial charge in [0.2, 0.25) is 15.9 Å². The predicted octanol–water partition coefficient (Wildman–Crippen LogP) is 4.05. The fourth-order valence-electron chi connectivity index (χ4n) is 4.44. The number of sulfonamides is 1. The lowest BCUT2D eigenvalue weighted by molar-refractivity contribution is -0.117. The molecule has 9 heteroatoms. The topological polar surface area (TPSA) is 102 Å². The van der Waals surface area contributed by atoms with Crippen LogP contribution in [-0.2, 0) is 21.4 Å². The van der Waals surface area contributed by atoms with Gasteiger partial charge in [-0.2, -0.15) is 4.31 Å². The Hall–Kier alpha value is -2.91. The number of benzene rings is 2. The van der Waals surface area contributed by atoms with Crippen molar-refractivity contribution in [2.24, 2.45) is 5.92 Å². The lowest BCUT2D eigenvalue weighted by Crippen LogP contribution is -2.39. The number of fused-ring (bicyclic) bond motifs is 1. The first-order valence-corrected chi connectivity index (χ1v) is 13.1. The molecule has 34 heavy (non-hydrogen) atoms. The maximum absolute atomic E-state index is 13.2. The summed E-state index contributed by atoms with van der Waals surface area (Å²) in [5, 5.41) is 2.95. The van der Waals surface area contributed by atoms with E-state index in [2.05, 4.69) is 5.32 Å². The summed E-state index contributed by atoms with van der Waals surface area (Å²) < 4.78 is 34.6. The smallest absolute Gasteiger partial charge is 0.408 e. The number of carbonyl (C=O) groups is 1. The van der Waals surface area contributed by atoms with Crippen LogP contribution in [0.3, 0.4) is 0 Å². The van der Waals surface area contributed by atoms with Crippen molar-refractivity contribution in [3.8, 4) is 0 Å². The number of hydrogen-bond donors (Lipinski definition) is 1. The number of anilines is 1. The summed E-state index contributed by atoms with van der Waals surface area (Å²) in [4.78, 5) is 24.7. The molecular weight excluding hydrogens is 454 g/mol. The third kappa shape index (κ3) is 4.95. The summed E-state index contributed by atoms with van der Waals surface area (Å²) in [6.45, 7) is 7.21. The number of hydrogen-bond acceptors (Lipinski definition) is 5. The van der Waals surface area contributed by atoms with E-state index in [-0.39, 0.29) is 22.3 Å². The van der Waals surface area contributed by atoms with E-state index >= 15 is 0 Å². The van der Waals surface area contributed by atoms with E-state index in [1.165, 1.54) is 26.6 Å². The highest BCUT2D eigenvalue weighted by atomic mass is 32.2. The Morgan fingerprint density at radius 3 is 2.50 bits per heavy atom. The molecule has 1 fully saturated rings. The van der Waals surface area contributed by atoms with Crippen LogP contribution in [0.5, 0.6) is 0 Å². The fraction of sp³-hybridized carbons (Fsp3) is 0.440. The van der Waals surface area contributed by atoms with Crippen LogP contribution < -0.4 is 11.1 Å². The van der Waals surface area contributed by atoms with Gasteiger partial charge >= 0.3 is 5.76 Å². The number of nitrogens with one attached hydrogen (secondary N) is 1. The number of piperidine rings is 1. The molecule has 0 radical (unpaired) electrons. The second-order valence-electron chi connectivity index (χ2n) is 9.05. The minimum atomic E-state index is -3.72. The van der Waals surface area contributed by atoms with E-state index in [9.17, 15) is 18.0 Å².